The Morgan fingerprint density at radius 3 is 2.29 bits per heavy atom. The Balaban J connectivity index is 2.51. The van der Waals surface area contributed by atoms with Gasteiger partial charge in [0.2, 0.25) is 5.91 Å². The van der Waals surface area contributed by atoms with E-state index in [9.17, 15) is 4.79 Å². The van der Waals surface area contributed by atoms with Crippen molar-refractivity contribution in [3.05, 3.63) is 29.8 Å². The van der Waals surface area contributed by atoms with E-state index >= 15 is 0 Å². The van der Waals surface area contributed by atoms with E-state index < -0.39 is 0 Å². The number of carbonyl (C=O) groups excluding carboxylic acids is 1. The second-order valence-electron chi connectivity index (χ2n) is 5.45. The Bertz CT molecular complexity index is 441. The van der Waals surface area contributed by atoms with E-state index in [2.05, 4.69) is 12.2 Å². The van der Waals surface area contributed by atoms with E-state index in [-0.39, 0.29) is 17.7 Å². The summed E-state index contributed by atoms with van der Waals surface area (Å²) in [5.74, 6) is 0.475. The van der Waals surface area contributed by atoms with Gasteiger partial charge in [0, 0.05) is 30.2 Å². The molecule has 0 saturated carbocycles. The van der Waals surface area contributed by atoms with E-state index in [1.165, 1.54) is 11.8 Å². The highest BCUT2D eigenvalue weighted by atomic mass is 32.2. The van der Waals surface area contributed by atoms with E-state index in [1.807, 2.05) is 38.1 Å². The maximum absolute atomic E-state index is 11.9. The Hall–Kier alpha value is -1.04. The molecule has 5 heteroatoms. The Kier molecular flexibility index (Phi) is 7.22. The summed E-state index contributed by atoms with van der Waals surface area (Å²) in [6, 6.07) is 7.86. The molecule has 0 atom stereocenters. The number of ether oxygens (including phenoxy) is 2. The van der Waals surface area contributed by atoms with Gasteiger partial charge in [-0.2, -0.15) is 0 Å². The zero-order chi connectivity index (χ0) is 15.9. The number of methoxy groups -OCH3 is 2. The predicted molar refractivity (Wildman–Crippen MR) is 86.4 cm³/mol. The van der Waals surface area contributed by atoms with E-state index in [0.29, 0.717) is 5.75 Å². The minimum atomic E-state index is -0.349. The van der Waals surface area contributed by atoms with Gasteiger partial charge in [0.05, 0.1) is 5.75 Å². The molecule has 1 aromatic rings. The topological polar surface area (TPSA) is 47.6 Å². The number of thioether (sulfide) groups is 1. The maximum atomic E-state index is 11.9. The number of amides is 1. The van der Waals surface area contributed by atoms with Crippen LogP contribution < -0.4 is 5.32 Å². The molecular formula is C16H25NO3S. The molecule has 0 heterocycles. The van der Waals surface area contributed by atoms with Crippen LogP contribution in [0.5, 0.6) is 0 Å². The van der Waals surface area contributed by atoms with Crippen molar-refractivity contribution in [1.82, 2.24) is 5.32 Å². The number of nitrogens with one attached hydrogen (secondary N) is 1. The Labute approximate surface area is 131 Å². The lowest BCUT2D eigenvalue weighted by atomic mass is 10.0. The summed E-state index contributed by atoms with van der Waals surface area (Å²) in [6.45, 7) is 6.12. The highest BCUT2D eigenvalue weighted by molar-refractivity contribution is 8.00. The molecule has 1 amide bonds. The number of benzene rings is 1. The third-order valence-electron chi connectivity index (χ3n) is 3.31. The monoisotopic (exact) mass is 311 g/mol. The number of hydrogen-bond donors (Lipinski definition) is 1. The van der Waals surface area contributed by atoms with Gasteiger partial charge in [-0.25, -0.2) is 0 Å². The summed E-state index contributed by atoms with van der Waals surface area (Å²) in [5.41, 5.74) is 0.812. The molecule has 0 fully saturated rings. The average Bonchev–Trinajstić information content (AvgIpc) is 2.47. The second kappa shape index (κ2) is 8.41. The first-order valence-electron chi connectivity index (χ1n) is 7.01. The minimum Gasteiger partial charge on any atom is -0.352 e. The molecule has 1 aromatic carbocycles. The van der Waals surface area contributed by atoms with Gasteiger partial charge >= 0.3 is 0 Å². The normalized spacial score (nSPS) is 11.7. The van der Waals surface area contributed by atoms with Crippen molar-refractivity contribution in [2.45, 2.75) is 43.9 Å². The third-order valence-corrected chi connectivity index (χ3v) is 4.32. The quantitative estimate of drug-likeness (QED) is 0.590. The van der Waals surface area contributed by atoms with E-state index in [4.69, 9.17) is 9.47 Å². The van der Waals surface area contributed by atoms with Crippen LogP contribution in [0.3, 0.4) is 0 Å². The summed E-state index contributed by atoms with van der Waals surface area (Å²) >= 11 is 1.52. The van der Waals surface area contributed by atoms with Crippen molar-refractivity contribution < 1.29 is 14.3 Å². The molecule has 0 saturated heterocycles. The fraction of sp³-hybridized carbons (Fsp3) is 0.562. The molecule has 4 nitrogen and oxygen atoms in total. The molecule has 0 aliphatic rings. The number of rotatable bonds is 8. The van der Waals surface area contributed by atoms with Crippen molar-refractivity contribution in [1.29, 1.82) is 0 Å². The van der Waals surface area contributed by atoms with Gasteiger partial charge in [-0.05, 0) is 32.4 Å². The molecule has 1 N–H and O–H groups in total. The lowest BCUT2D eigenvalue weighted by Crippen LogP contribution is -2.43. The van der Waals surface area contributed by atoms with Crippen LogP contribution in [0.25, 0.3) is 0 Å². The van der Waals surface area contributed by atoms with Gasteiger partial charge in [-0.1, -0.05) is 19.1 Å². The maximum Gasteiger partial charge on any atom is 0.230 e. The minimum absolute atomic E-state index is 0.0580. The fourth-order valence-corrected chi connectivity index (χ4v) is 2.44. The molecule has 1 rings (SSSR count). The molecule has 0 bridgehead atoms. The first-order chi connectivity index (χ1) is 9.91. The SMILES string of the molecule is CCC(C)(C)NC(=O)CSc1ccc(C(OC)OC)cc1. The van der Waals surface area contributed by atoms with Gasteiger partial charge in [0.25, 0.3) is 0 Å². The number of carbonyl (C=O) groups is 1. The zero-order valence-corrected chi connectivity index (χ0v) is 14.3. The summed E-state index contributed by atoms with van der Waals surface area (Å²) in [6.07, 6.45) is 0.561. The van der Waals surface area contributed by atoms with E-state index in [1.54, 1.807) is 14.2 Å². The van der Waals surface area contributed by atoms with Gasteiger partial charge in [-0.15, -0.1) is 11.8 Å². The molecule has 0 unspecified atom stereocenters. The number of hydrogen-bond acceptors (Lipinski definition) is 4. The first-order valence-corrected chi connectivity index (χ1v) is 7.99. The molecule has 0 aliphatic carbocycles. The standard InChI is InChI=1S/C16H25NO3S/c1-6-16(2,3)17-14(18)11-21-13-9-7-12(8-10-13)15(19-4)20-5/h7-10,15H,6,11H2,1-5H3,(H,17,18). The third kappa shape index (κ3) is 6.08. The van der Waals surface area contributed by atoms with Gasteiger partial charge in [-0.3, -0.25) is 4.79 Å². The zero-order valence-electron chi connectivity index (χ0n) is 13.4. The van der Waals surface area contributed by atoms with Gasteiger partial charge < -0.3 is 14.8 Å². The summed E-state index contributed by atoms with van der Waals surface area (Å²) in [7, 11) is 3.22. The van der Waals surface area contributed by atoms with Crippen LogP contribution in [0.4, 0.5) is 0 Å². The van der Waals surface area contributed by atoms with Crippen molar-refractivity contribution in [3.63, 3.8) is 0 Å². The highest BCUT2D eigenvalue weighted by Crippen LogP contribution is 2.23. The van der Waals surface area contributed by atoms with E-state index in [0.717, 1.165) is 16.9 Å². The summed E-state index contributed by atoms with van der Waals surface area (Å²) in [5, 5.41) is 3.02. The molecular weight excluding hydrogens is 286 g/mol. The Morgan fingerprint density at radius 1 is 1.24 bits per heavy atom. The van der Waals surface area contributed by atoms with Crippen LogP contribution in [0.1, 0.15) is 39.0 Å². The van der Waals surface area contributed by atoms with Crippen molar-refractivity contribution in [2.24, 2.45) is 0 Å². The average molecular weight is 311 g/mol. The molecule has 0 spiro atoms. The van der Waals surface area contributed by atoms with Crippen molar-refractivity contribution in [3.8, 4) is 0 Å². The second-order valence-corrected chi connectivity index (χ2v) is 6.50. The molecule has 21 heavy (non-hydrogen) atoms. The predicted octanol–water partition coefficient (Wildman–Crippen LogP) is 3.37. The van der Waals surface area contributed by atoms with Gasteiger partial charge in [0.15, 0.2) is 6.29 Å². The smallest absolute Gasteiger partial charge is 0.230 e. The summed E-state index contributed by atoms with van der Waals surface area (Å²) < 4.78 is 10.4. The first kappa shape index (κ1) is 18.0. The van der Waals surface area contributed by atoms with Crippen molar-refractivity contribution in [2.75, 3.05) is 20.0 Å². The highest BCUT2D eigenvalue weighted by Gasteiger charge is 2.17. The molecule has 0 radical (unpaired) electrons. The molecule has 118 valence electrons. The van der Waals surface area contributed by atoms with Crippen molar-refractivity contribution >= 4 is 17.7 Å². The van der Waals surface area contributed by atoms with Crippen LogP contribution in [-0.2, 0) is 14.3 Å². The van der Waals surface area contributed by atoms with Crippen LogP contribution in [0.15, 0.2) is 29.2 Å². The van der Waals surface area contributed by atoms with Crippen LogP contribution in [0, 0.1) is 0 Å². The van der Waals surface area contributed by atoms with Crippen LogP contribution >= 0.6 is 11.8 Å². The largest absolute Gasteiger partial charge is 0.352 e. The lowest BCUT2D eigenvalue weighted by molar-refractivity contribution is -0.120. The summed E-state index contributed by atoms with van der Waals surface area (Å²) in [4.78, 5) is 12.9. The van der Waals surface area contributed by atoms with Crippen LogP contribution in [-0.4, -0.2) is 31.4 Å². The van der Waals surface area contributed by atoms with Gasteiger partial charge in [0.1, 0.15) is 0 Å². The molecule has 0 aromatic heterocycles. The Morgan fingerprint density at radius 2 is 1.81 bits per heavy atom. The lowest BCUT2D eigenvalue weighted by Gasteiger charge is -2.24. The molecule has 0 aliphatic heterocycles. The fourth-order valence-electron chi connectivity index (χ4n) is 1.74. The van der Waals surface area contributed by atoms with Crippen LogP contribution in [0.2, 0.25) is 0 Å².